The van der Waals surface area contributed by atoms with Crippen LogP contribution in [0.5, 0.6) is 5.75 Å². The molecule has 1 aromatic heterocycles. The molecule has 0 unspecified atom stereocenters. The zero-order valence-electron chi connectivity index (χ0n) is 18.7. The van der Waals surface area contributed by atoms with Gasteiger partial charge in [0.1, 0.15) is 17.6 Å². The van der Waals surface area contributed by atoms with Crippen molar-refractivity contribution in [3.05, 3.63) is 70.3 Å². The topological polar surface area (TPSA) is 78.6 Å². The van der Waals surface area contributed by atoms with Gasteiger partial charge in [-0.3, -0.25) is 14.4 Å². The van der Waals surface area contributed by atoms with Gasteiger partial charge >= 0.3 is 5.97 Å². The van der Waals surface area contributed by atoms with Gasteiger partial charge in [0.05, 0.1) is 36.1 Å². The number of aryl methyl sites for hydroxylation is 1. The Labute approximate surface area is 177 Å². The van der Waals surface area contributed by atoms with Crippen LogP contribution in [-0.2, 0) is 9.53 Å². The number of nitrogens with zero attached hydrogens (tertiary/aromatic N) is 4. The van der Waals surface area contributed by atoms with Gasteiger partial charge in [0.15, 0.2) is 5.82 Å². The van der Waals surface area contributed by atoms with Crippen LogP contribution in [0.1, 0.15) is 39.4 Å². The van der Waals surface area contributed by atoms with Gasteiger partial charge < -0.3 is 9.47 Å². The van der Waals surface area contributed by atoms with Gasteiger partial charge in [-0.25, -0.2) is 0 Å². The van der Waals surface area contributed by atoms with Crippen molar-refractivity contribution < 1.29 is 18.4 Å². The normalized spacial score (nSPS) is 17.0. The predicted molar refractivity (Wildman–Crippen MR) is 109 cm³/mol. The molecule has 1 atom stereocenters. The average Bonchev–Trinajstić information content (AvgIpc) is 3.05. The van der Waals surface area contributed by atoms with E-state index in [4.69, 9.17) is 30.2 Å². The van der Waals surface area contributed by atoms with Crippen LogP contribution in [-0.4, -0.2) is 40.6 Å². The number of hydrogen-bond donors (Lipinski definition) is 0. The molecule has 7 nitrogen and oxygen atoms in total. The second-order valence-corrected chi connectivity index (χ2v) is 6.94. The zero-order valence-corrected chi connectivity index (χ0v) is 16.5. The molecule has 2 heterocycles. The molecule has 4 rings (SSSR count). The maximum absolute atomic E-state index is 12.1. The summed E-state index contributed by atoms with van der Waals surface area (Å²) >= 11 is 6.07. The molecule has 8 heteroatoms. The summed E-state index contributed by atoms with van der Waals surface area (Å²) in [4.78, 5) is 17.0. The lowest BCUT2D eigenvalue weighted by Gasteiger charge is -2.14. The molecule has 0 aliphatic carbocycles. The van der Waals surface area contributed by atoms with Crippen LogP contribution >= 0.6 is 11.6 Å². The number of methoxy groups -OCH3 is 2. The van der Waals surface area contributed by atoms with Crippen LogP contribution < -0.4 is 4.74 Å². The van der Waals surface area contributed by atoms with Gasteiger partial charge in [0.25, 0.3) is 0 Å². The highest BCUT2D eigenvalue weighted by Gasteiger charge is 2.30. The van der Waals surface area contributed by atoms with E-state index in [1.165, 1.54) is 7.11 Å². The Balaban J connectivity index is 1.97. The Morgan fingerprint density at radius 1 is 1.24 bits per heavy atom. The minimum atomic E-state index is -2.61. The Kier molecular flexibility index (Phi) is 4.16. The van der Waals surface area contributed by atoms with Crippen LogP contribution in [0.3, 0.4) is 0 Å². The number of aliphatic imine (C=N–C) groups is 1. The summed E-state index contributed by atoms with van der Waals surface area (Å²) in [5.41, 5.74) is 2.55. The van der Waals surface area contributed by atoms with E-state index in [0.717, 1.165) is 5.56 Å². The van der Waals surface area contributed by atoms with Crippen molar-refractivity contribution in [2.75, 3.05) is 14.1 Å². The number of hydrogen-bond acceptors (Lipinski definition) is 6. The third kappa shape index (κ3) is 3.49. The van der Waals surface area contributed by atoms with E-state index in [2.05, 4.69) is 10.2 Å². The van der Waals surface area contributed by atoms with Gasteiger partial charge in [0, 0.05) is 16.1 Å². The third-order valence-corrected chi connectivity index (χ3v) is 4.97. The van der Waals surface area contributed by atoms with Crippen molar-refractivity contribution >= 4 is 23.3 Å². The highest BCUT2D eigenvalue weighted by Crippen LogP contribution is 2.34. The minimum Gasteiger partial charge on any atom is -0.497 e. The minimum absolute atomic E-state index is 0.0433. The molecule has 0 N–H and O–H groups in total. The summed E-state index contributed by atoms with van der Waals surface area (Å²) < 4.78 is 34.1. The maximum Gasteiger partial charge on any atom is 0.308 e. The fourth-order valence-electron chi connectivity index (χ4n) is 3.35. The maximum atomic E-state index is 12.1. The number of carbonyl (C=O) groups is 1. The van der Waals surface area contributed by atoms with Gasteiger partial charge in [-0.1, -0.05) is 23.7 Å². The number of benzene rings is 2. The van der Waals surface area contributed by atoms with Crippen molar-refractivity contribution in [2.45, 2.75) is 19.4 Å². The van der Waals surface area contributed by atoms with Crippen molar-refractivity contribution in [1.29, 1.82) is 0 Å². The smallest absolute Gasteiger partial charge is 0.308 e. The number of carbonyl (C=O) groups excluding carboxylic acids is 1. The molecule has 0 amide bonds. The van der Waals surface area contributed by atoms with Crippen molar-refractivity contribution in [1.82, 2.24) is 14.8 Å². The third-order valence-electron chi connectivity index (χ3n) is 4.72. The molecule has 2 aromatic carbocycles. The summed E-state index contributed by atoms with van der Waals surface area (Å²) in [5.74, 6) is 0.777. The first-order valence-corrected chi connectivity index (χ1v) is 9.20. The molecule has 0 spiro atoms. The Morgan fingerprint density at radius 3 is 2.76 bits per heavy atom. The average molecular weight is 414 g/mol. The van der Waals surface area contributed by atoms with E-state index in [9.17, 15) is 4.79 Å². The molecule has 0 radical (unpaired) electrons. The molecular formula is C21H19ClN4O3. The van der Waals surface area contributed by atoms with Gasteiger partial charge in [-0.05, 0) is 37.3 Å². The fourth-order valence-corrected chi connectivity index (χ4v) is 3.48. The molecule has 0 saturated heterocycles. The van der Waals surface area contributed by atoms with E-state index >= 15 is 0 Å². The second-order valence-electron chi connectivity index (χ2n) is 6.50. The summed E-state index contributed by atoms with van der Waals surface area (Å²) in [5, 5.41) is 8.99. The summed E-state index contributed by atoms with van der Waals surface area (Å²) in [7, 11) is -1.30. The number of fused-ring (bicyclic) bond motifs is 3. The summed E-state index contributed by atoms with van der Waals surface area (Å²) in [6.45, 7) is 1.79. The Morgan fingerprint density at radius 2 is 2.03 bits per heavy atom. The quantitative estimate of drug-likeness (QED) is 0.609. The Hall–Kier alpha value is -3.19. The number of rotatable bonds is 4. The Bertz CT molecular complexity index is 1210. The molecule has 0 bridgehead atoms. The van der Waals surface area contributed by atoms with Crippen molar-refractivity contribution in [2.24, 2.45) is 4.99 Å². The number of aromatic nitrogens is 3. The molecule has 1 aliphatic heterocycles. The first kappa shape index (κ1) is 15.7. The van der Waals surface area contributed by atoms with E-state index < -0.39 is 19.0 Å². The number of esters is 1. The van der Waals surface area contributed by atoms with Gasteiger partial charge in [-0.15, -0.1) is 10.2 Å². The van der Waals surface area contributed by atoms with Gasteiger partial charge in [-0.2, -0.15) is 0 Å². The zero-order chi connectivity index (χ0) is 23.0. The second kappa shape index (κ2) is 7.67. The van der Waals surface area contributed by atoms with Crippen LogP contribution in [0, 0.1) is 6.92 Å². The monoisotopic (exact) mass is 413 g/mol. The number of halogens is 1. The van der Waals surface area contributed by atoms with E-state index in [0.29, 0.717) is 33.6 Å². The molecular weight excluding hydrogens is 392 g/mol. The lowest BCUT2D eigenvalue weighted by atomic mass is 10.00. The van der Waals surface area contributed by atoms with Crippen LogP contribution in [0.25, 0.3) is 5.69 Å². The van der Waals surface area contributed by atoms with Crippen LogP contribution in [0.15, 0.2) is 47.5 Å². The highest BCUT2D eigenvalue weighted by molar-refractivity contribution is 6.30. The van der Waals surface area contributed by atoms with Crippen molar-refractivity contribution in [3.8, 4) is 11.4 Å². The molecule has 0 saturated carbocycles. The standard InChI is InChI=1S/C21H19ClN4O3/c1-12-24-25-21-17(11-19(27)29-3)23-20(13-4-6-14(22)7-5-13)16-10-15(28-2)8-9-18(16)26(12)21/h4-10,17H,11H2,1-3H3/t17-/m0/s1/i2D3. The first-order chi connectivity index (χ1) is 15.2. The van der Waals surface area contributed by atoms with Crippen LogP contribution in [0.2, 0.25) is 5.02 Å². The fraction of sp³-hybridized carbons (Fsp3) is 0.238. The lowest BCUT2D eigenvalue weighted by molar-refractivity contribution is -0.141. The molecule has 0 fully saturated rings. The first-order valence-electron chi connectivity index (χ1n) is 10.3. The predicted octanol–water partition coefficient (Wildman–Crippen LogP) is 3.69. The van der Waals surface area contributed by atoms with Gasteiger partial charge in [0.2, 0.25) is 0 Å². The number of ether oxygens (including phenoxy) is 2. The molecule has 3 aromatic rings. The highest BCUT2D eigenvalue weighted by atomic mass is 35.5. The molecule has 1 aliphatic rings. The summed E-state index contributed by atoms with van der Waals surface area (Å²) in [6.07, 6.45) is -0.0433. The van der Waals surface area contributed by atoms with Crippen molar-refractivity contribution in [3.63, 3.8) is 0 Å². The summed E-state index contributed by atoms with van der Waals surface area (Å²) in [6, 6.07) is 11.3. The molecule has 29 heavy (non-hydrogen) atoms. The van der Waals surface area contributed by atoms with E-state index in [-0.39, 0.29) is 12.2 Å². The molecule has 148 valence electrons. The lowest BCUT2D eigenvalue weighted by Crippen LogP contribution is -2.12. The SMILES string of the molecule is [2H]C([2H])([2H])Oc1ccc2c(c1)C(c1ccc(Cl)cc1)=N[C@@H](CC(=O)OC)c1nnc(C)n1-2. The van der Waals surface area contributed by atoms with E-state index in [1.54, 1.807) is 54.0 Å². The van der Waals surface area contributed by atoms with Crippen LogP contribution in [0.4, 0.5) is 0 Å². The largest absolute Gasteiger partial charge is 0.497 e. The van der Waals surface area contributed by atoms with E-state index in [1.807, 2.05) is 0 Å².